The van der Waals surface area contributed by atoms with E-state index >= 15 is 0 Å². The Morgan fingerprint density at radius 3 is 1.68 bits per heavy atom. The van der Waals surface area contributed by atoms with Gasteiger partial charge in [-0.1, -0.05) is 84.9 Å². The molecule has 190 valence electrons. The third-order valence-electron chi connectivity index (χ3n) is 5.71. The number of hydrogen-bond acceptors (Lipinski definition) is 5. The molecule has 0 unspecified atom stereocenters. The molecule has 0 bridgehead atoms. The predicted molar refractivity (Wildman–Crippen MR) is 151 cm³/mol. The Kier molecular flexibility index (Phi) is 9.11. The Morgan fingerprint density at radius 2 is 1.11 bits per heavy atom. The van der Waals surface area contributed by atoms with Crippen LogP contribution in [-0.2, 0) is 13.2 Å². The van der Waals surface area contributed by atoms with Crippen molar-refractivity contribution in [1.29, 1.82) is 0 Å². The maximum atomic E-state index is 6.14. The fourth-order valence-electron chi connectivity index (χ4n) is 3.86. The fourth-order valence-corrected chi connectivity index (χ4v) is 4.45. The number of benzene rings is 4. The highest BCUT2D eigenvalue weighted by Crippen LogP contribution is 2.46. The summed E-state index contributed by atoms with van der Waals surface area (Å²) in [5.41, 5.74) is 3.88. The Bertz CT molecular complexity index is 1340. The van der Waals surface area contributed by atoms with Crippen LogP contribution >= 0.6 is 15.9 Å². The SMILES string of the molecule is COc1c(/C=C\c2cc(OCc3ccccc3)c(OC)c(OC)c2Br)cccc1OCc1ccccc1. The van der Waals surface area contributed by atoms with E-state index in [1.54, 1.807) is 21.3 Å². The molecule has 5 nitrogen and oxygen atoms in total. The van der Waals surface area contributed by atoms with Crippen LogP contribution in [0.25, 0.3) is 12.2 Å². The Labute approximate surface area is 226 Å². The molecule has 0 saturated carbocycles. The van der Waals surface area contributed by atoms with Crippen LogP contribution in [0.5, 0.6) is 28.7 Å². The van der Waals surface area contributed by atoms with Gasteiger partial charge in [0.15, 0.2) is 23.0 Å². The lowest BCUT2D eigenvalue weighted by Gasteiger charge is -2.17. The molecular weight excluding hydrogens is 532 g/mol. The van der Waals surface area contributed by atoms with Gasteiger partial charge in [-0.05, 0) is 44.8 Å². The van der Waals surface area contributed by atoms with Crippen LogP contribution in [0.3, 0.4) is 0 Å². The number of rotatable bonds is 11. The minimum absolute atomic E-state index is 0.403. The summed E-state index contributed by atoms with van der Waals surface area (Å²) in [4.78, 5) is 0. The topological polar surface area (TPSA) is 46.2 Å². The summed E-state index contributed by atoms with van der Waals surface area (Å²) in [6.45, 7) is 0.855. The highest BCUT2D eigenvalue weighted by atomic mass is 79.9. The first-order chi connectivity index (χ1) is 18.1. The molecular formula is C31H29BrO5. The molecule has 0 amide bonds. The van der Waals surface area contributed by atoms with Gasteiger partial charge in [0.1, 0.15) is 13.2 Å². The first kappa shape index (κ1) is 26.2. The van der Waals surface area contributed by atoms with Gasteiger partial charge in [0.25, 0.3) is 0 Å². The molecule has 37 heavy (non-hydrogen) atoms. The summed E-state index contributed by atoms with van der Waals surface area (Å²) in [5, 5.41) is 0. The molecule has 4 aromatic rings. The first-order valence-corrected chi connectivity index (χ1v) is 12.6. The number of para-hydroxylation sites is 1. The van der Waals surface area contributed by atoms with Crippen LogP contribution in [-0.4, -0.2) is 21.3 Å². The van der Waals surface area contributed by atoms with Gasteiger partial charge in [-0.25, -0.2) is 0 Å². The molecule has 0 heterocycles. The quantitative estimate of drug-likeness (QED) is 0.175. The van der Waals surface area contributed by atoms with Crippen molar-refractivity contribution in [2.45, 2.75) is 13.2 Å². The minimum Gasteiger partial charge on any atom is -0.492 e. The zero-order valence-corrected chi connectivity index (χ0v) is 22.7. The zero-order valence-electron chi connectivity index (χ0n) is 21.1. The summed E-state index contributed by atoms with van der Waals surface area (Å²) in [7, 11) is 4.85. The molecule has 0 atom stereocenters. The second-order valence-corrected chi connectivity index (χ2v) is 8.90. The second kappa shape index (κ2) is 12.9. The lowest BCUT2D eigenvalue weighted by atomic mass is 10.1. The predicted octanol–water partition coefficient (Wildman–Crippen LogP) is 7.80. The molecule has 0 aliphatic rings. The largest absolute Gasteiger partial charge is 0.492 e. The van der Waals surface area contributed by atoms with Crippen LogP contribution in [0, 0.1) is 0 Å². The summed E-state index contributed by atoms with van der Waals surface area (Å²) in [6.07, 6.45) is 3.95. The average Bonchev–Trinajstić information content (AvgIpc) is 2.95. The van der Waals surface area contributed by atoms with E-state index in [1.807, 2.05) is 97.1 Å². The average molecular weight is 561 g/mol. The Hall–Kier alpha value is -3.90. The third kappa shape index (κ3) is 6.46. The summed E-state index contributed by atoms with van der Waals surface area (Å²) >= 11 is 3.67. The van der Waals surface area contributed by atoms with Gasteiger partial charge in [0, 0.05) is 5.56 Å². The molecule has 0 aromatic heterocycles. The lowest BCUT2D eigenvalue weighted by Crippen LogP contribution is -2.01. The molecule has 0 aliphatic heterocycles. The van der Waals surface area contributed by atoms with Crippen molar-refractivity contribution in [1.82, 2.24) is 0 Å². The minimum atomic E-state index is 0.403. The van der Waals surface area contributed by atoms with Crippen molar-refractivity contribution >= 4 is 28.1 Å². The highest BCUT2D eigenvalue weighted by molar-refractivity contribution is 9.10. The second-order valence-electron chi connectivity index (χ2n) is 8.10. The Morgan fingerprint density at radius 1 is 0.568 bits per heavy atom. The normalized spacial score (nSPS) is 10.8. The highest BCUT2D eigenvalue weighted by Gasteiger charge is 2.19. The molecule has 4 rings (SSSR count). The van der Waals surface area contributed by atoms with E-state index in [0.29, 0.717) is 42.0 Å². The van der Waals surface area contributed by atoms with E-state index in [0.717, 1.165) is 26.7 Å². The van der Waals surface area contributed by atoms with Crippen LogP contribution in [0.1, 0.15) is 22.3 Å². The third-order valence-corrected chi connectivity index (χ3v) is 6.53. The standard InChI is InChI=1S/C31H29BrO5/c1-33-29-24(15-10-16-26(29)36-20-22-11-6-4-7-12-22)17-18-25-19-27(30(34-2)31(35-3)28(25)32)37-21-23-13-8-5-9-14-23/h4-19H,20-21H2,1-3H3/b18-17-. The number of hydrogen-bond donors (Lipinski definition) is 0. The van der Waals surface area contributed by atoms with Crippen LogP contribution in [0.2, 0.25) is 0 Å². The van der Waals surface area contributed by atoms with Crippen LogP contribution in [0.4, 0.5) is 0 Å². The maximum absolute atomic E-state index is 6.14. The number of methoxy groups -OCH3 is 3. The van der Waals surface area contributed by atoms with Crippen molar-refractivity contribution in [3.8, 4) is 28.7 Å². The molecule has 6 heteroatoms. The van der Waals surface area contributed by atoms with E-state index in [4.69, 9.17) is 23.7 Å². The van der Waals surface area contributed by atoms with Gasteiger partial charge in [-0.2, -0.15) is 0 Å². The van der Waals surface area contributed by atoms with Crippen molar-refractivity contribution in [3.63, 3.8) is 0 Å². The molecule has 0 spiro atoms. The van der Waals surface area contributed by atoms with Crippen molar-refractivity contribution in [3.05, 3.63) is 112 Å². The fraction of sp³-hybridized carbons (Fsp3) is 0.161. The van der Waals surface area contributed by atoms with Gasteiger partial charge >= 0.3 is 0 Å². The first-order valence-electron chi connectivity index (χ1n) is 11.8. The number of halogens is 1. The van der Waals surface area contributed by atoms with E-state index in [1.165, 1.54) is 0 Å². The molecule has 0 fully saturated rings. The van der Waals surface area contributed by atoms with Crippen molar-refractivity contribution < 1.29 is 23.7 Å². The van der Waals surface area contributed by atoms with Gasteiger partial charge in [-0.3, -0.25) is 0 Å². The van der Waals surface area contributed by atoms with E-state index in [2.05, 4.69) is 15.9 Å². The monoisotopic (exact) mass is 560 g/mol. The van der Waals surface area contributed by atoms with Gasteiger partial charge < -0.3 is 23.7 Å². The van der Waals surface area contributed by atoms with Crippen molar-refractivity contribution in [2.24, 2.45) is 0 Å². The number of ether oxygens (including phenoxy) is 5. The Balaban J connectivity index is 1.62. The van der Waals surface area contributed by atoms with Crippen LogP contribution in [0.15, 0.2) is 89.4 Å². The van der Waals surface area contributed by atoms with Crippen molar-refractivity contribution in [2.75, 3.05) is 21.3 Å². The summed E-state index contributed by atoms with van der Waals surface area (Å²) in [5.74, 6) is 2.99. The van der Waals surface area contributed by atoms with Crippen LogP contribution < -0.4 is 23.7 Å². The molecule has 4 aromatic carbocycles. The molecule has 0 saturated heterocycles. The molecule has 0 radical (unpaired) electrons. The maximum Gasteiger partial charge on any atom is 0.204 e. The van der Waals surface area contributed by atoms with E-state index in [-0.39, 0.29) is 0 Å². The van der Waals surface area contributed by atoms with Gasteiger partial charge in [-0.15, -0.1) is 0 Å². The summed E-state index contributed by atoms with van der Waals surface area (Å²) in [6, 6.07) is 27.8. The lowest BCUT2D eigenvalue weighted by molar-refractivity contribution is 0.275. The smallest absolute Gasteiger partial charge is 0.204 e. The van der Waals surface area contributed by atoms with E-state index in [9.17, 15) is 0 Å². The molecule has 0 N–H and O–H groups in total. The van der Waals surface area contributed by atoms with E-state index < -0.39 is 0 Å². The summed E-state index contributed by atoms with van der Waals surface area (Å²) < 4.78 is 30.0. The van der Waals surface area contributed by atoms with Gasteiger partial charge in [0.05, 0.1) is 25.8 Å². The zero-order chi connectivity index (χ0) is 26.0. The molecule has 0 aliphatic carbocycles. The van der Waals surface area contributed by atoms with Gasteiger partial charge in [0.2, 0.25) is 5.75 Å².